The summed E-state index contributed by atoms with van der Waals surface area (Å²) in [6, 6.07) is 7.31. The van der Waals surface area contributed by atoms with Crippen LogP contribution in [0, 0.1) is 0 Å². The van der Waals surface area contributed by atoms with Crippen molar-refractivity contribution >= 4 is 22.8 Å². The molecule has 0 unspecified atom stereocenters. The van der Waals surface area contributed by atoms with Gasteiger partial charge in [-0.15, -0.1) is 0 Å². The molecule has 0 fully saturated rings. The first-order chi connectivity index (χ1) is 9.52. The fourth-order valence-electron chi connectivity index (χ4n) is 1.78. The molecule has 0 spiro atoms. The molecule has 1 heterocycles. The van der Waals surface area contributed by atoms with E-state index in [1.54, 1.807) is 24.3 Å². The zero-order valence-electron chi connectivity index (χ0n) is 10.7. The van der Waals surface area contributed by atoms with Crippen LogP contribution in [0.15, 0.2) is 34.7 Å². The number of aliphatic hydroxyl groups excluding tert-OH is 1. The van der Waals surface area contributed by atoms with E-state index in [-0.39, 0.29) is 5.76 Å². The van der Waals surface area contributed by atoms with Crippen molar-refractivity contribution in [2.24, 2.45) is 0 Å². The first-order valence-corrected chi connectivity index (χ1v) is 5.94. The van der Waals surface area contributed by atoms with Gasteiger partial charge in [-0.05, 0) is 19.1 Å². The summed E-state index contributed by atoms with van der Waals surface area (Å²) in [6.45, 7) is 1.32. The highest BCUT2D eigenvalue weighted by molar-refractivity contribution is 5.98. The second kappa shape index (κ2) is 5.72. The van der Waals surface area contributed by atoms with Crippen LogP contribution in [0.2, 0.25) is 0 Å². The molecule has 7 nitrogen and oxygen atoms in total. The second-order valence-corrected chi connectivity index (χ2v) is 4.32. The molecular weight excluding hydrogens is 264 g/mol. The fraction of sp³-hybridized carbons (Fsp3) is 0.231. The molecule has 0 aliphatic heterocycles. The average molecular weight is 278 g/mol. The van der Waals surface area contributed by atoms with Gasteiger partial charge in [-0.2, -0.15) is 0 Å². The molecule has 0 bridgehead atoms. The third-order valence-electron chi connectivity index (χ3n) is 2.81. The van der Waals surface area contributed by atoms with Gasteiger partial charge in [0.05, 0.1) is 6.10 Å². The number of rotatable bonds is 4. The third-order valence-corrected chi connectivity index (χ3v) is 2.81. The summed E-state index contributed by atoms with van der Waals surface area (Å²) in [7, 11) is 0. The number of hydrogen-bond acceptors (Lipinski definition) is 5. The standard InChI is InChI=1S/C13H14N2O5/c1-7(16)11(13(18)15-19)14-12(17)10-6-8-4-2-3-5-9(8)20-10/h2-7,11,16,19H,1H3,(H,14,17)(H,15,18)/t7-,11+/m1/s1. The Balaban J connectivity index is 2.20. The Bertz CT molecular complexity index is 601. The van der Waals surface area contributed by atoms with E-state index in [1.807, 2.05) is 0 Å². The second-order valence-electron chi connectivity index (χ2n) is 4.32. The lowest BCUT2D eigenvalue weighted by Crippen LogP contribution is -2.51. The Hall–Kier alpha value is -2.38. The van der Waals surface area contributed by atoms with Gasteiger partial charge in [0, 0.05) is 5.39 Å². The summed E-state index contributed by atoms with van der Waals surface area (Å²) >= 11 is 0. The lowest BCUT2D eigenvalue weighted by atomic mass is 10.1. The predicted octanol–water partition coefficient (Wildman–Crippen LogP) is 0.417. The number of benzene rings is 1. The summed E-state index contributed by atoms with van der Waals surface area (Å²) in [5, 5.41) is 21.0. The highest BCUT2D eigenvalue weighted by atomic mass is 16.5. The van der Waals surface area contributed by atoms with Crippen molar-refractivity contribution in [3.05, 3.63) is 36.1 Å². The van der Waals surface area contributed by atoms with Crippen LogP contribution >= 0.6 is 0 Å². The molecule has 2 aromatic rings. The third kappa shape index (κ3) is 2.79. The van der Waals surface area contributed by atoms with Gasteiger partial charge >= 0.3 is 0 Å². The molecule has 0 aliphatic rings. The number of nitrogens with one attached hydrogen (secondary N) is 2. The molecule has 4 N–H and O–H groups in total. The molecule has 1 aromatic carbocycles. The molecule has 2 amide bonds. The van der Waals surface area contributed by atoms with E-state index in [2.05, 4.69) is 5.32 Å². The van der Waals surface area contributed by atoms with Crippen LogP contribution in [0.3, 0.4) is 0 Å². The largest absolute Gasteiger partial charge is 0.451 e. The maximum atomic E-state index is 12.0. The summed E-state index contributed by atoms with van der Waals surface area (Å²) in [6.07, 6.45) is -1.17. The zero-order chi connectivity index (χ0) is 14.7. The number of carbonyl (C=O) groups excluding carboxylic acids is 2. The zero-order valence-corrected chi connectivity index (χ0v) is 10.7. The van der Waals surface area contributed by atoms with Crippen LogP contribution < -0.4 is 10.8 Å². The van der Waals surface area contributed by atoms with E-state index in [0.717, 1.165) is 5.39 Å². The number of furan rings is 1. The van der Waals surface area contributed by atoms with Gasteiger partial charge in [0.25, 0.3) is 11.8 Å². The molecule has 0 saturated heterocycles. The van der Waals surface area contributed by atoms with Crippen molar-refractivity contribution in [3.8, 4) is 0 Å². The van der Waals surface area contributed by atoms with Crippen molar-refractivity contribution in [1.82, 2.24) is 10.8 Å². The van der Waals surface area contributed by atoms with E-state index in [9.17, 15) is 14.7 Å². The number of hydroxylamine groups is 1. The first-order valence-electron chi connectivity index (χ1n) is 5.94. The smallest absolute Gasteiger partial charge is 0.287 e. The summed E-state index contributed by atoms with van der Waals surface area (Å²) < 4.78 is 5.34. The first kappa shape index (κ1) is 14.0. The van der Waals surface area contributed by atoms with E-state index in [0.29, 0.717) is 5.58 Å². The van der Waals surface area contributed by atoms with Crippen LogP contribution in [-0.2, 0) is 4.79 Å². The molecule has 0 saturated carbocycles. The summed E-state index contributed by atoms with van der Waals surface area (Å²) in [5.41, 5.74) is 1.93. The number of para-hydroxylation sites is 1. The monoisotopic (exact) mass is 278 g/mol. The summed E-state index contributed by atoms with van der Waals surface area (Å²) in [5.74, 6) is -1.55. The predicted molar refractivity (Wildman–Crippen MR) is 69.1 cm³/mol. The van der Waals surface area contributed by atoms with Crippen LogP contribution in [0.5, 0.6) is 0 Å². The highest BCUT2D eigenvalue weighted by Gasteiger charge is 2.26. The number of amides is 2. The van der Waals surface area contributed by atoms with Gasteiger partial charge in [0.1, 0.15) is 11.6 Å². The van der Waals surface area contributed by atoms with Crippen LogP contribution in [0.4, 0.5) is 0 Å². The Morgan fingerprint density at radius 3 is 2.60 bits per heavy atom. The molecule has 7 heteroatoms. The highest BCUT2D eigenvalue weighted by Crippen LogP contribution is 2.18. The minimum atomic E-state index is -1.28. The van der Waals surface area contributed by atoms with Crippen molar-refractivity contribution < 1.29 is 24.3 Å². The van der Waals surface area contributed by atoms with Crippen LogP contribution in [0.25, 0.3) is 11.0 Å². The number of hydrogen-bond donors (Lipinski definition) is 4. The minimum absolute atomic E-state index is 0.0163. The van der Waals surface area contributed by atoms with Crippen molar-refractivity contribution in [3.63, 3.8) is 0 Å². The molecule has 0 radical (unpaired) electrons. The Labute approximate surface area is 114 Å². The van der Waals surface area contributed by atoms with E-state index < -0.39 is 24.0 Å². The van der Waals surface area contributed by atoms with E-state index >= 15 is 0 Å². The number of aliphatic hydroxyl groups is 1. The topological polar surface area (TPSA) is 112 Å². The molecule has 0 aliphatic carbocycles. The molecular formula is C13H14N2O5. The average Bonchev–Trinajstić information content (AvgIpc) is 2.87. The van der Waals surface area contributed by atoms with Gasteiger partial charge in [-0.25, -0.2) is 5.48 Å². The minimum Gasteiger partial charge on any atom is -0.451 e. The number of fused-ring (bicyclic) bond motifs is 1. The Kier molecular flexibility index (Phi) is 4.02. The Morgan fingerprint density at radius 1 is 1.30 bits per heavy atom. The lowest BCUT2D eigenvalue weighted by molar-refractivity contribution is -0.133. The summed E-state index contributed by atoms with van der Waals surface area (Å²) in [4.78, 5) is 23.3. The molecule has 1 aromatic heterocycles. The molecule has 106 valence electrons. The maximum absolute atomic E-state index is 12.0. The van der Waals surface area contributed by atoms with Gasteiger partial charge in [-0.1, -0.05) is 18.2 Å². The maximum Gasteiger partial charge on any atom is 0.287 e. The van der Waals surface area contributed by atoms with Gasteiger partial charge in [0.2, 0.25) is 0 Å². The fourth-order valence-corrected chi connectivity index (χ4v) is 1.78. The molecule has 2 rings (SSSR count). The van der Waals surface area contributed by atoms with Crippen molar-refractivity contribution in [1.29, 1.82) is 0 Å². The van der Waals surface area contributed by atoms with Gasteiger partial charge in [-0.3, -0.25) is 14.8 Å². The normalized spacial score (nSPS) is 13.8. The Morgan fingerprint density at radius 2 is 2.00 bits per heavy atom. The molecule has 20 heavy (non-hydrogen) atoms. The van der Waals surface area contributed by atoms with Crippen LogP contribution in [0.1, 0.15) is 17.5 Å². The van der Waals surface area contributed by atoms with E-state index in [1.165, 1.54) is 18.5 Å². The van der Waals surface area contributed by atoms with Gasteiger partial charge < -0.3 is 14.8 Å². The SMILES string of the molecule is C[C@@H](O)[C@H](NC(=O)c1cc2ccccc2o1)C(=O)NO. The van der Waals surface area contributed by atoms with E-state index in [4.69, 9.17) is 9.62 Å². The quantitative estimate of drug-likeness (QED) is 0.478. The van der Waals surface area contributed by atoms with Gasteiger partial charge in [0.15, 0.2) is 5.76 Å². The van der Waals surface area contributed by atoms with Crippen molar-refractivity contribution in [2.45, 2.75) is 19.1 Å². The van der Waals surface area contributed by atoms with Crippen molar-refractivity contribution in [2.75, 3.05) is 0 Å². The number of carbonyl (C=O) groups is 2. The molecule has 2 atom stereocenters. The van der Waals surface area contributed by atoms with Crippen LogP contribution in [-0.4, -0.2) is 34.3 Å². The lowest BCUT2D eigenvalue weighted by Gasteiger charge is -2.18.